The highest BCUT2D eigenvalue weighted by molar-refractivity contribution is 5.27. The molecule has 2 aliphatic rings. The average Bonchev–Trinajstić information content (AvgIpc) is 2.57. The third kappa shape index (κ3) is 3.20. The predicted molar refractivity (Wildman–Crippen MR) is 88.0 cm³/mol. The molecule has 2 aliphatic carbocycles. The summed E-state index contributed by atoms with van der Waals surface area (Å²) in [5.74, 6) is 0.168. The number of rotatable bonds is 3. The van der Waals surface area contributed by atoms with Gasteiger partial charge in [0.1, 0.15) is 5.82 Å². The van der Waals surface area contributed by atoms with Crippen LogP contribution in [0, 0.1) is 0 Å². The van der Waals surface area contributed by atoms with Gasteiger partial charge in [-0.2, -0.15) is 0 Å². The first kappa shape index (κ1) is 15.9. The third-order valence-electron chi connectivity index (χ3n) is 5.18. The average molecular weight is 317 g/mol. The van der Waals surface area contributed by atoms with E-state index in [4.69, 9.17) is 5.53 Å². The van der Waals surface area contributed by atoms with Gasteiger partial charge in [0.15, 0.2) is 0 Å². The van der Waals surface area contributed by atoms with E-state index < -0.39 is 0 Å². The number of azide groups is 1. The van der Waals surface area contributed by atoms with Gasteiger partial charge in [-0.3, -0.25) is 13.9 Å². The highest BCUT2D eigenvalue weighted by Gasteiger charge is 2.25. The molecule has 124 valence electrons. The lowest BCUT2D eigenvalue weighted by molar-refractivity contribution is 0.301. The number of hydrogen-bond donors (Lipinski definition) is 0. The molecule has 0 N–H and O–H groups in total. The summed E-state index contributed by atoms with van der Waals surface area (Å²) in [7, 11) is 0. The Bertz CT molecular complexity index is 717. The number of hydrogen-bond acceptors (Lipinski definition) is 3. The predicted octanol–water partition coefficient (Wildman–Crippen LogP) is 3.96. The van der Waals surface area contributed by atoms with E-state index in [0.29, 0.717) is 0 Å². The van der Waals surface area contributed by atoms with Crippen molar-refractivity contribution in [1.82, 2.24) is 9.13 Å². The molecule has 0 atom stereocenters. The van der Waals surface area contributed by atoms with Gasteiger partial charge in [0, 0.05) is 23.1 Å². The first-order valence-electron chi connectivity index (χ1n) is 8.65. The lowest BCUT2D eigenvalue weighted by Gasteiger charge is -2.28. The van der Waals surface area contributed by atoms with Crippen LogP contribution in [-0.2, 0) is 0 Å². The standard InChI is InChI=1S/C16H23N5O2/c17-19-18-14-11-15(22)21(13-9-5-2-6-10-13)16(23)20(14)12-7-3-1-4-8-12/h11-13H,1-10H2. The molecule has 0 bridgehead atoms. The second kappa shape index (κ2) is 7.04. The second-order valence-corrected chi connectivity index (χ2v) is 6.64. The zero-order chi connectivity index (χ0) is 16.2. The molecule has 0 unspecified atom stereocenters. The van der Waals surface area contributed by atoms with Crippen LogP contribution in [0.25, 0.3) is 10.4 Å². The van der Waals surface area contributed by atoms with Crippen molar-refractivity contribution in [3.05, 3.63) is 37.3 Å². The van der Waals surface area contributed by atoms with Crippen LogP contribution in [0.2, 0.25) is 0 Å². The van der Waals surface area contributed by atoms with Crippen LogP contribution < -0.4 is 11.2 Å². The van der Waals surface area contributed by atoms with E-state index in [0.717, 1.165) is 51.4 Å². The fraction of sp³-hybridized carbons (Fsp3) is 0.750. The Morgan fingerprint density at radius 2 is 1.43 bits per heavy atom. The van der Waals surface area contributed by atoms with E-state index in [9.17, 15) is 9.59 Å². The normalized spacial score (nSPS) is 20.2. The summed E-state index contributed by atoms with van der Waals surface area (Å²) in [5.41, 5.74) is 8.15. The van der Waals surface area contributed by atoms with Gasteiger partial charge in [0.25, 0.3) is 5.56 Å². The molecule has 1 aromatic heterocycles. The van der Waals surface area contributed by atoms with Crippen LogP contribution in [0.15, 0.2) is 20.8 Å². The van der Waals surface area contributed by atoms with E-state index in [1.165, 1.54) is 23.5 Å². The van der Waals surface area contributed by atoms with Gasteiger partial charge < -0.3 is 0 Å². The molecule has 2 saturated carbocycles. The Labute approximate surface area is 134 Å². The zero-order valence-corrected chi connectivity index (χ0v) is 13.4. The zero-order valence-electron chi connectivity index (χ0n) is 13.4. The molecule has 1 heterocycles. The van der Waals surface area contributed by atoms with Crippen molar-refractivity contribution >= 4 is 5.82 Å². The van der Waals surface area contributed by atoms with Crippen molar-refractivity contribution in [2.45, 2.75) is 76.3 Å². The fourth-order valence-electron chi connectivity index (χ4n) is 4.04. The van der Waals surface area contributed by atoms with Crippen LogP contribution in [-0.4, -0.2) is 9.13 Å². The summed E-state index contributed by atoms with van der Waals surface area (Å²) in [5, 5.41) is 3.62. The van der Waals surface area contributed by atoms with Gasteiger partial charge in [-0.25, -0.2) is 4.79 Å². The van der Waals surface area contributed by atoms with Gasteiger partial charge in [-0.05, 0) is 36.3 Å². The topological polar surface area (TPSA) is 92.8 Å². The first-order valence-corrected chi connectivity index (χ1v) is 8.65. The van der Waals surface area contributed by atoms with Gasteiger partial charge in [-0.1, -0.05) is 38.5 Å². The SMILES string of the molecule is [N-]=[N+]=Nc1cc(=O)n(C2CCCCC2)c(=O)n1C1CCCCC1. The van der Waals surface area contributed by atoms with Crippen molar-refractivity contribution in [1.29, 1.82) is 0 Å². The maximum Gasteiger partial charge on any atom is 0.331 e. The number of nitrogens with zero attached hydrogens (tertiary/aromatic N) is 5. The molecular weight excluding hydrogens is 294 g/mol. The summed E-state index contributed by atoms with van der Waals surface area (Å²) in [4.78, 5) is 28.3. The van der Waals surface area contributed by atoms with Crippen LogP contribution in [0.5, 0.6) is 0 Å². The molecule has 2 fully saturated rings. The summed E-state index contributed by atoms with van der Waals surface area (Å²) >= 11 is 0. The fourth-order valence-corrected chi connectivity index (χ4v) is 4.04. The molecule has 0 aliphatic heterocycles. The Morgan fingerprint density at radius 3 is 1.96 bits per heavy atom. The summed E-state index contributed by atoms with van der Waals surface area (Å²) in [6.45, 7) is 0. The molecule has 1 aromatic rings. The maximum absolute atomic E-state index is 13.0. The van der Waals surface area contributed by atoms with Crippen molar-refractivity contribution in [3.63, 3.8) is 0 Å². The van der Waals surface area contributed by atoms with E-state index >= 15 is 0 Å². The molecule has 0 saturated heterocycles. The Morgan fingerprint density at radius 1 is 0.913 bits per heavy atom. The summed E-state index contributed by atoms with van der Waals surface area (Å²) in [6, 6.07) is 1.36. The smallest absolute Gasteiger partial charge is 0.288 e. The lowest BCUT2D eigenvalue weighted by atomic mass is 9.94. The molecule has 7 heteroatoms. The quantitative estimate of drug-likeness (QED) is 0.479. The van der Waals surface area contributed by atoms with Gasteiger partial charge >= 0.3 is 5.69 Å². The van der Waals surface area contributed by atoms with E-state index in [1.807, 2.05) is 0 Å². The molecule has 23 heavy (non-hydrogen) atoms. The molecule has 7 nitrogen and oxygen atoms in total. The highest BCUT2D eigenvalue weighted by atomic mass is 16.2. The minimum Gasteiger partial charge on any atom is -0.288 e. The maximum atomic E-state index is 13.0. The molecule has 0 amide bonds. The molecular formula is C16H23N5O2. The van der Waals surface area contributed by atoms with Crippen molar-refractivity contribution in [3.8, 4) is 0 Å². The van der Waals surface area contributed by atoms with Crippen molar-refractivity contribution in [2.24, 2.45) is 5.11 Å². The van der Waals surface area contributed by atoms with Gasteiger partial charge in [0.05, 0.1) is 0 Å². The van der Waals surface area contributed by atoms with E-state index in [-0.39, 0.29) is 29.2 Å². The van der Waals surface area contributed by atoms with Crippen LogP contribution in [0.3, 0.4) is 0 Å². The third-order valence-corrected chi connectivity index (χ3v) is 5.18. The largest absolute Gasteiger partial charge is 0.331 e. The first-order chi connectivity index (χ1) is 11.2. The number of aromatic nitrogens is 2. The molecule has 0 spiro atoms. The summed E-state index contributed by atoms with van der Waals surface area (Å²) < 4.78 is 2.99. The molecule has 0 radical (unpaired) electrons. The van der Waals surface area contributed by atoms with E-state index in [2.05, 4.69) is 10.0 Å². The monoisotopic (exact) mass is 317 g/mol. The lowest BCUT2D eigenvalue weighted by Crippen LogP contribution is -2.43. The van der Waals surface area contributed by atoms with Crippen LogP contribution in [0.4, 0.5) is 5.82 Å². The van der Waals surface area contributed by atoms with Crippen molar-refractivity contribution < 1.29 is 0 Å². The van der Waals surface area contributed by atoms with Gasteiger partial charge in [-0.15, -0.1) is 0 Å². The van der Waals surface area contributed by atoms with Crippen molar-refractivity contribution in [2.75, 3.05) is 0 Å². The molecule has 0 aromatic carbocycles. The summed E-state index contributed by atoms with van der Waals surface area (Å²) in [6.07, 6.45) is 10.1. The van der Waals surface area contributed by atoms with Crippen LogP contribution >= 0.6 is 0 Å². The minimum absolute atomic E-state index is 0.0151. The Kier molecular flexibility index (Phi) is 4.86. The van der Waals surface area contributed by atoms with E-state index in [1.54, 1.807) is 4.57 Å². The molecule has 3 rings (SSSR count). The van der Waals surface area contributed by atoms with Crippen LogP contribution in [0.1, 0.15) is 76.3 Å². The van der Waals surface area contributed by atoms with Gasteiger partial charge in [0.2, 0.25) is 0 Å². The highest BCUT2D eigenvalue weighted by Crippen LogP contribution is 2.31. The minimum atomic E-state index is -0.337. The second-order valence-electron chi connectivity index (χ2n) is 6.64. The Hall–Kier alpha value is -2.01. The Balaban J connectivity index is 2.12.